The lowest BCUT2D eigenvalue weighted by Crippen LogP contribution is -2.31. The van der Waals surface area contributed by atoms with E-state index in [2.05, 4.69) is 96.4 Å². The lowest BCUT2D eigenvalue weighted by atomic mass is 9.86. The summed E-state index contributed by atoms with van der Waals surface area (Å²) in [5, 5.41) is 11.2. The molecule has 1 fully saturated rings. The lowest BCUT2D eigenvalue weighted by Gasteiger charge is -2.30. The van der Waals surface area contributed by atoms with Gasteiger partial charge in [0.25, 0.3) is 0 Å². The number of methoxy groups -OCH3 is 1. The molecule has 0 atom stereocenters. The zero-order chi connectivity index (χ0) is 24.2. The predicted molar refractivity (Wildman–Crippen MR) is 148 cm³/mol. The molecule has 4 aromatic rings. The Hall–Kier alpha value is -3.31. The first-order valence-electron chi connectivity index (χ1n) is 12.7. The van der Waals surface area contributed by atoms with Crippen molar-refractivity contribution in [3.8, 4) is 5.75 Å². The average molecular weight is 469 g/mol. The van der Waals surface area contributed by atoms with E-state index in [1.807, 2.05) is 0 Å². The third-order valence-electron chi connectivity index (χ3n) is 7.33. The second-order valence-corrected chi connectivity index (χ2v) is 9.90. The normalized spacial score (nSPS) is 18.0. The molecule has 3 aromatic carbocycles. The van der Waals surface area contributed by atoms with Gasteiger partial charge in [-0.15, -0.1) is 0 Å². The van der Waals surface area contributed by atoms with Gasteiger partial charge in [-0.05, 0) is 61.1 Å². The van der Waals surface area contributed by atoms with Gasteiger partial charge in [-0.2, -0.15) is 0 Å². The summed E-state index contributed by atoms with van der Waals surface area (Å²) in [6.45, 7) is 1.87. The van der Waals surface area contributed by atoms with E-state index < -0.39 is 0 Å². The summed E-state index contributed by atoms with van der Waals surface area (Å²) >= 11 is 0. The van der Waals surface area contributed by atoms with Gasteiger partial charge in [-0.1, -0.05) is 48.5 Å². The predicted octanol–water partition coefficient (Wildman–Crippen LogP) is 6.22. The number of benzene rings is 3. The third-order valence-corrected chi connectivity index (χ3v) is 7.33. The van der Waals surface area contributed by atoms with E-state index in [0.29, 0.717) is 12.0 Å². The van der Waals surface area contributed by atoms with Crippen molar-refractivity contribution in [3.05, 3.63) is 72.3 Å². The van der Waals surface area contributed by atoms with Crippen LogP contribution in [0.4, 0.5) is 11.5 Å². The number of pyridine rings is 1. The first-order valence-corrected chi connectivity index (χ1v) is 12.7. The van der Waals surface area contributed by atoms with Crippen molar-refractivity contribution in [2.24, 2.45) is 5.92 Å². The van der Waals surface area contributed by atoms with E-state index in [1.165, 1.54) is 53.1 Å². The Kier molecular flexibility index (Phi) is 7.05. The van der Waals surface area contributed by atoms with Crippen molar-refractivity contribution in [2.75, 3.05) is 38.0 Å². The number of hydrogen-bond donors (Lipinski definition) is 2. The second-order valence-electron chi connectivity index (χ2n) is 9.90. The van der Waals surface area contributed by atoms with E-state index in [9.17, 15) is 0 Å². The number of nitrogens with one attached hydrogen (secondary N) is 2. The van der Waals surface area contributed by atoms with Crippen LogP contribution in [0.2, 0.25) is 0 Å². The third kappa shape index (κ3) is 5.20. The molecule has 0 unspecified atom stereocenters. The number of para-hydroxylation sites is 1. The van der Waals surface area contributed by atoms with Gasteiger partial charge in [0.15, 0.2) is 0 Å². The summed E-state index contributed by atoms with van der Waals surface area (Å²) < 4.78 is 5.66. The van der Waals surface area contributed by atoms with Crippen LogP contribution in [0.3, 0.4) is 0 Å². The Labute approximate surface area is 208 Å². The minimum Gasteiger partial charge on any atom is -0.496 e. The van der Waals surface area contributed by atoms with Crippen LogP contribution in [0.5, 0.6) is 5.75 Å². The van der Waals surface area contributed by atoms with Gasteiger partial charge in [0.2, 0.25) is 0 Å². The molecule has 0 aliphatic heterocycles. The molecule has 5 heteroatoms. The zero-order valence-electron chi connectivity index (χ0n) is 21.1. The fourth-order valence-electron chi connectivity index (χ4n) is 5.41. The molecule has 0 bridgehead atoms. The van der Waals surface area contributed by atoms with Gasteiger partial charge in [-0.3, -0.25) is 0 Å². The lowest BCUT2D eigenvalue weighted by molar-refractivity contribution is 0.323. The van der Waals surface area contributed by atoms with Crippen LogP contribution < -0.4 is 20.3 Å². The molecule has 1 aliphatic rings. The van der Waals surface area contributed by atoms with Crippen LogP contribution in [0.25, 0.3) is 21.7 Å². The largest absolute Gasteiger partial charge is 0.496 e. The summed E-state index contributed by atoms with van der Waals surface area (Å²) in [6, 6.07) is 23.8. The maximum Gasteiger partial charge on any atom is 0.128 e. The van der Waals surface area contributed by atoms with E-state index in [-0.39, 0.29) is 0 Å². The van der Waals surface area contributed by atoms with Gasteiger partial charge in [-0.25, -0.2) is 4.98 Å². The van der Waals surface area contributed by atoms with Crippen molar-refractivity contribution < 1.29 is 4.74 Å². The number of rotatable bonds is 8. The zero-order valence-corrected chi connectivity index (χ0v) is 21.1. The van der Waals surface area contributed by atoms with Crippen LogP contribution in [0, 0.1) is 5.92 Å². The molecular formula is C30H36N4O. The summed E-state index contributed by atoms with van der Waals surface area (Å²) in [7, 11) is 5.95. The summed E-state index contributed by atoms with van der Waals surface area (Å²) in [4.78, 5) is 7.06. The van der Waals surface area contributed by atoms with Crippen molar-refractivity contribution in [2.45, 2.75) is 38.3 Å². The number of aromatic nitrogens is 1. The highest BCUT2D eigenvalue weighted by Crippen LogP contribution is 2.31. The molecule has 0 spiro atoms. The Bertz CT molecular complexity index is 1290. The van der Waals surface area contributed by atoms with Crippen LogP contribution >= 0.6 is 0 Å². The number of ether oxygens (including phenoxy) is 1. The summed E-state index contributed by atoms with van der Waals surface area (Å²) in [6.07, 6.45) is 4.81. The molecule has 1 aliphatic carbocycles. The molecule has 1 saturated carbocycles. The van der Waals surface area contributed by atoms with Crippen molar-refractivity contribution in [3.63, 3.8) is 0 Å². The van der Waals surface area contributed by atoms with Gasteiger partial charge in [0.05, 0.1) is 12.6 Å². The molecule has 1 heterocycles. The van der Waals surface area contributed by atoms with Crippen molar-refractivity contribution >= 4 is 33.2 Å². The number of anilines is 2. The van der Waals surface area contributed by atoms with Crippen LogP contribution in [0.15, 0.2) is 66.7 Å². The Morgan fingerprint density at radius 2 is 1.66 bits per heavy atom. The topological polar surface area (TPSA) is 49.4 Å². The maximum absolute atomic E-state index is 5.66. The van der Waals surface area contributed by atoms with Crippen LogP contribution in [-0.4, -0.2) is 38.8 Å². The fourth-order valence-corrected chi connectivity index (χ4v) is 5.41. The minimum absolute atomic E-state index is 0.480. The van der Waals surface area contributed by atoms with Crippen molar-refractivity contribution in [1.82, 2.24) is 10.3 Å². The molecule has 5 rings (SSSR count). The number of hydrogen-bond acceptors (Lipinski definition) is 5. The van der Waals surface area contributed by atoms with Gasteiger partial charge in [0, 0.05) is 49.4 Å². The van der Waals surface area contributed by atoms with Gasteiger partial charge in [0.1, 0.15) is 11.6 Å². The minimum atomic E-state index is 0.480. The highest BCUT2D eigenvalue weighted by molar-refractivity contribution is 5.93. The summed E-state index contributed by atoms with van der Waals surface area (Å²) in [5.74, 6) is 2.65. The molecule has 1 aromatic heterocycles. The SMILES string of the molecule is COc1ccc2ccccc2c1CNC[C@H]1CC[C@@H](Nc2cc(N(C)C)c3ccccc3n2)CC1. The molecule has 0 amide bonds. The Morgan fingerprint density at radius 1 is 0.914 bits per heavy atom. The Balaban J connectivity index is 1.17. The molecular weight excluding hydrogens is 432 g/mol. The summed E-state index contributed by atoms with van der Waals surface area (Å²) in [5.41, 5.74) is 3.50. The molecule has 0 saturated heterocycles. The second kappa shape index (κ2) is 10.5. The van der Waals surface area contributed by atoms with Gasteiger partial charge < -0.3 is 20.3 Å². The van der Waals surface area contributed by atoms with E-state index >= 15 is 0 Å². The molecule has 182 valence electrons. The standard InChI is InChI=1S/C30H36N4O/c1-34(2)28-18-30(33-27-11-7-6-10-25(27)28)32-23-15-12-21(13-16-23)19-31-20-26-24-9-5-4-8-22(24)14-17-29(26)35-3/h4-11,14,17-18,21,23,31H,12-13,15-16,19-20H2,1-3H3,(H,32,33)/t21-,23+. The number of fused-ring (bicyclic) bond motifs is 2. The monoisotopic (exact) mass is 468 g/mol. The first-order chi connectivity index (χ1) is 17.1. The molecule has 2 N–H and O–H groups in total. The van der Waals surface area contributed by atoms with Crippen LogP contribution in [0.1, 0.15) is 31.2 Å². The quantitative estimate of drug-likeness (QED) is 0.321. The average Bonchev–Trinajstić information content (AvgIpc) is 2.89. The number of nitrogens with zero attached hydrogens (tertiary/aromatic N) is 2. The van der Waals surface area contributed by atoms with Gasteiger partial charge >= 0.3 is 0 Å². The molecule has 35 heavy (non-hydrogen) atoms. The highest BCUT2D eigenvalue weighted by Gasteiger charge is 2.22. The maximum atomic E-state index is 5.66. The van der Waals surface area contributed by atoms with Crippen molar-refractivity contribution in [1.29, 1.82) is 0 Å². The smallest absolute Gasteiger partial charge is 0.128 e. The highest BCUT2D eigenvalue weighted by atomic mass is 16.5. The fraction of sp³-hybridized carbons (Fsp3) is 0.367. The molecule has 0 radical (unpaired) electrons. The molecule has 5 nitrogen and oxygen atoms in total. The van der Waals surface area contributed by atoms with Crippen LogP contribution in [-0.2, 0) is 6.54 Å². The first kappa shape index (κ1) is 23.4. The van der Waals surface area contributed by atoms with E-state index in [1.54, 1.807) is 7.11 Å². The Morgan fingerprint density at radius 3 is 2.43 bits per heavy atom. The van der Waals surface area contributed by atoms with E-state index in [4.69, 9.17) is 9.72 Å². The van der Waals surface area contributed by atoms with E-state index in [0.717, 1.165) is 30.2 Å².